The molecular formula is C12H20O4. The van der Waals surface area contributed by atoms with Crippen LogP contribution in [0.5, 0.6) is 0 Å². The lowest BCUT2D eigenvalue weighted by Crippen LogP contribution is -2.01. The lowest BCUT2D eigenvalue weighted by atomic mass is 10.0. The number of allylic oxidation sites excluding steroid dienone is 1. The molecule has 0 aliphatic rings. The Morgan fingerprint density at radius 3 is 1.56 bits per heavy atom. The van der Waals surface area contributed by atoms with Gasteiger partial charge in [0.1, 0.15) is 0 Å². The number of esters is 2. The number of methoxy groups -OCH3 is 2. The summed E-state index contributed by atoms with van der Waals surface area (Å²) in [5.74, 6) is -0.385. The van der Waals surface area contributed by atoms with E-state index in [0.717, 1.165) is 31.3 Å². The number of carbonyl (C=O) groups excluding carboxylic acids is 2. The highest BCUT2D eigenvalue weighted by Gasteiger charge is 2.03. The molecule has 0 aromatic heterocycles. The molecule has 0 aliphatic heterocycles. The average molecular weight is 228 g/mol. The first-order valence-electron chi connectivity index (χ1n) is 5.40. The molecule has 0 radical (unpaired) electrons. The first kappa shape index (κ1) is 14.7. The minimum absolute atomic E-state index is 0.192. The summed E-state index contributed by atoms with van der Waals surface area (Å²) in [5.41, 5.74) is 1.06. The Labute approximate surface area is 96.6 Å². The zero-order valence-corrected chi connectivity index (χ0v) is 10.1. The van der Waals surface area contributed by atoms with Crippen LogP contribution in [0.3, 0.4) is 0 Å². The Hall–Kier alpha value is -1.32. The Morgan fingerprint density at radius 1 is 0.875 bits per heavy atom. The number of hydrogen-bond donors (Lipinski definition) is 0. The first-order chi connectivity index (χ1) is 7.60. The van der Waals surface area contributed by atoms with E-state index in [1.54, 1.807) is 0 Å². The molecule has 0 rings (SSSR count). The van der Waals surface area contributed by atoms with Crippen LogP contribution in [0.15, 0.2) is 12.2 Å². The molecule has 0 aromatic carbocycles. The Morgan fingerprint density at radius 2 is 1.25 bits per heavy atom. The highest BCUT2D eigenvalue weighted by Crippen LogP contribution is 2.13. The molecule has 0 spiro atoms. The summed E-state index contributed by atoms with van der Waals surface area (Å²) >= 11 is 0. The van der Waals surface area contributed by atoms with Gasteiger partial charge in [0.2, 0.25) is 0 Å². The van der Waals surface area contributed by atoms with Gasteiger partial charge in [0.25, 0.3) is 0 Å². The topological polar surface area (TPSA) is 52.6 Å². The summed E-state index contributed by atoms with van der Waals surface area (Å²) in [6.07, 6.45) is 3.96. The lowest BCUT2D eigenvalue weighted by molar-refractivity contribution is -0.141. The maximum Gasteiger partial charge on any atom is 0.305 e. The van der Waals surface area contributed by atoms with Gasteiger partial charge in [-0.25, -0.2) is 0 Å². The van der Waals surface area contributed by atoms with E-state index in [0.29, 0.717) is 12.8 Å². The summed E-state index contributed by atoms with van der Waals surface area (Å²) in [5, 5.41) is 0. The highest BCUT2D eigenvalue weighted by atomic mass is 16.5. The average Bonchev–Trinajstić information content (AvgIpc) is 2.28. The van der Waals surface area contributed by atoms with E-state index in [1.807, 2.05) is 0 Å². The van der Waals surface area contributed by atoms with Crippen LogP contribution in [0.2, 0.25) is 0 Å². The molecule has 4 nitrogen and oxygen atoms in total. The van der Waals surface area contributed by atoms with Crippen molar-refractivity contribution in [2.75, 3.05) is 14.2 Å². The zero-order valence-electron chi connectivity index (χ0n) is 10.1. The predicted molar refractivity (Wildman–Crippen MR) is 60.9 cm³/mol. The molecule has 92 valence electrons. The normalized spacial score (nSPS) is 9.62. The lowest BCUT2D eigenvalue weighted by Gasteiger charge is -2.04. The molecule has 0 saturated carbocycles. The first-order valence-corrected chi connectivity index (χ1v) is 5.40. The third-order valence-corrected chi connectivity index (χ3v) is 2.28. The quantitative estimate of drug-likeness (QED) is 0.472. The molecule has 0 aliphatic carbocycles. The maximum absolute atomic E-state index is 10.8. The smallest absolute Gasteiger partial charge is 0.305 e. The second kappa shape index (κ2) is 8.95. The summed E-state index contributed by atoms with van der Waals surface area (Å²) < 4.78 is 9.06. The van der Waals surface area contributed by atoms with Crippen LogP contribution in [-0.2, 0) is 19.1 Å². The molecule has 0 amide bonds. The van der Waals surface area contributed by atoms with Crippen molar-refractivity contribution in [3.63, 3.8) is 0 Å². The van der Waals surface area contributed by atoms with E-state index >= 15 is 0 Å². The largest absolute Gasteiger partial charge is 0.469 e. The van der Waals surface area contributed by atoms with Crippen molar-refractivity contribution >= 4 is 11.9 Å². The van der Waals surface area contributed by atoms with Crippen molar-refractivity contribution < 1.29 is 19.1 Å². The predicted octanol–water partition coefficient (Wildman–Crippen LogP) is 2.23. The minimum atomic E-state index is -0.192. The molecule has 0 bridgehead atoms. The molecule has 0 unspecified atom stereocenters. The molecule has 0 saturated heterocycles. The standard InChI is InChI=1S/C12H20O4/c1-10(6-4-8-11(13)15-2)7-5-9-12(14)16-3/h1,4-9H2,2-3H3. The van der Waals surface area contributed by atoms with E-state index in [4.69, 9.17) is 0 Å². The van der Waals surface area contributed by atoms with Gasteiger partial charge in [0.05, 0.1) is 14.2 Å². The van der Waals surface area contributed by atoms with Gasteiger partial charge in [-0.3, -0.25) is 9.59 Å². The summed E-state index contributed by atoms with van der Waals surface area (Å²) in [7, 11) is 2.76. The fourth-order valence-electron chi connectivity index (χ4n) is 1.29. The summed E-state index contributed by atoms with van der Waals surface area (Å²) in [4.78, 5) is 21.6. The second-order valence-corrected chi connectivity index (χ2v) is 3.61. The molecule has 16 heavy (non-hydrogen) atoms. The van der Waals surface area contributed by atoms with Gasteiger partial charge in [-0.15, -0.1) is 0 Å². The van der Waals surface area contributed by atoms with Crippen LogP contribution in [0, 0.1) is 0 Å². The summed E-state index contributed by atoms with van der Waals surface area (Å²) in [6.45, 7) is 3.90. The van der Waals surface area contributed by atoms with E-state index in [-0.39, 0.29) is 11.9 Å². The van der Waals surface area contributed by atoms with Crippen LogP contribution < -0.4 is 0 Å². The number of rotatable bonds is 8. The van der Waals surface area contributed by atoms with Gasteiger partial charge >= 0.3 is 11.9 Å². The van der Waals surface area contributed by atoms with Crippen LogP contribution in [0.4, 0.5) is 0 Å². The zero-order chi connectivity index (χ0) is 12.4. The SMILES string of the molecule is C=C(CCCC(=O)OC)CCCC(=O)OC. The summed E-state index contributed by atoms with van der Waals surface area (Å²) in [6, 6.07) is 0. The molecule has 0 heterocycles. The van der Waals surface area contributed by atoms with Crippen molar-refractivity contribution in [3.8, 4) is 0 Å². The van der Waals surface area contributed by atoms with E-state index < -0.39 is 0 Å². The van der Waals surface area contributed by atoms with Gasteiger partial charge in [0, 0.05) is 12.8 Å². The highest BCUT2D eigenvalue weighted by molar-refractivity contribution is 5.69. The van der Waals surface area contributed by atoms with E-state index in [9.17, 15) is 9.59 Å². The van der Waals surface area contributed by atoms with Gasteiger partial charge in [-0.1, -0.05) is 12.2 Å². The van der Waals surface area contributed by atoms with Crippen molar-refractivity contribution in [1.29, 1.82) is 0 Å². The van der Waals surface area contributed by atoms with Crippen LogP contribution >= 0.6 is 0 Å². The third-order valence-electron chi connectivity index (χ3n) is 2.28. The monoisotopic (exact) mass is 228 g/mol. The van der Waals surface area contributed by atoms with Crippen molar-refractivity contribution in [3.05, 3.63) is 12.2 Å². The number of ether oxygens (including phenoxy) is 2. The molecular weight excluding hydrogens is 208 g/mol. The fraction of sp³-hybridized carbons (Fsp3) is 0.667. The van der Waals surface area contributed by atoms with Crippen molar-refractivity contribution in [2.45, 2.75) is 38.5 Å². The van der Waals surface area contributed by atoms with E-state index in [2.05, 4.69) is 16.1 Å². The Balaban J connectivity index is 3.45. The van der Waals surface area contributed by atoms with Gasteiger partial charge in [-0.2, -0.15) is 0 Å². The van der Waals surface area contributed by atoms with Crippen molar-refractivity contribution in [1.82, 2.24) is 0 Å². The number of hydrogen-bond acceptors (Lipinski definition) is 4. The fourth-order valence-corrected chi connectivity index (χ4v) is 1.29. The Kier molecular flexibility index (Phi) is 8.21. The molecule has 0 aromatic rings. The van der Waals surface area contributed by atoms with Crippen LogP contribution in [0.1, 0.15) is 38.5 Å². The third kappa shape index (κ3) is 8.03. The van der Waals surface area contributed by atoms with Crippen LogP contribution in [0.25, 0.3) is 0 Å². The molecule has 0 N–H and O–H groups in total. The van der Waals surface area contributed by atoms with Gasteiger partial charge < -0.3 is 9.47 Å². The second-order valence-electron chi connectivity index (χ2n) is 3.61. The molecule has 0 fully saturated rings. The Bertz CT molecular complexity index is 221. The van der Waals surface area contributed by atoms with Crippen LogP contribution in [-0.4, -0.2) is 26.2 Å². The van der Waals surface area contributed by atoms with Gasteiger partial charge in [-0.05, 0) is 25.7 Å². The molecule has 0 atom stereocenters. The molecule has 4 heteroatoms. The van der Waals surface area contributed by atoms with Gasteiger partial charge in [0.15, 0.2) is 0 Å². The van der Waals surface area contributed by atoms with Crippen molar-refractivity contribution in [2.24, 2.45) is 0 Å². The minimum Gasteiger partial charge on any atom is -0.469 e. The maximum atomic E-state index is 10.8. The van der Waals surface area contributed by atoms with E-state index in [1.165, 1.54) is 14.2 Å². The number of carbonyl (C=O) groups is 2.